The predicted octanol–water partition coefficient (Wildman–Crippen LogP) is 21.2. The summed E-state index contributed by atoms with van der Waals surface area (Å²) in [5.74, 6) is -0.0574. The topological polar surface area (TPSA) is 69.6 Å². The molecule has 0 aliphatic rings. The van der Waals surface area contributed by atoms with Crippen LogP contribution in [0.3, 0.4) is 0 Å². The van der Waals surface area contributed by atoms with Crippen molar-refractivity contribution in [3.05, 3.63) is 122 Å². The molecule has 2 unspecified atom stereocenters. The Bertz CT molecular complexity index is 1420. The predicted molar refractivity (Wildman–Crippen MR) is 326 cm³/mol. The Morgan fingerprint density at radius 2 is 0.603 bits per heavy atom. The summed E-state index contributed by atoms with van der Waals surface area (Å²) in [7, 11) is 0. The zero-order valence-corrected chi connectivity index (χ0v) is 48.1. The number of amides is 1. The minimum Gasteiger partial charge on any atom is -0.394 e. The van der Waals surface area contributed by atoms with Gasteiger partial charge in [-0.25, -0.2) is 0 Å². The molecule has 0 aromatic rings. The Morgan fingerprint density at radius 3 is 0.904 bits per heavy atom. The average molecular weight is 1010 g/mol. The Balaban J connectivity index is 3.60. The second kappa shape index (κ2) is 63.1. The van der Waals surface area contributed by atoms with Gasteiger partial charge in [0.05, 0.1) is 18.8 Å². The van der Waals surface area contributed by atoms with E-state index in [1.54, 1.807) is 0 Å². The summed E-state index contributed by atoms with van der Waals surface area (Å²) >= 11 is 0. The van der Waals surface area contributed by atoms with Crippen molar-refractivity contribution in [1.82, 2.24) is 5.32 Å². The second-order valence-corrected chi connectivity index (χ2v) is 20.7. The molecule has 0 aliphatic carbocycles. The number of hydrogen-bond donors (Lipinski definition) is 3. The fourth-order valence-corrected chi connectivity index (χ4v) is 9.04. The van der Waals surface area contributed by atoms with Crippen LogP contribution in [0.4, 0.5) is 0 Å². The molecule has 0 saturated carbocycles. The third-order valence-corrected chi connectivity index (χ3v) is 13.7. The van der Waals surface area contributed by atoms with Crippen molar-refractivity contribution in [2.24, 2.45) is 0 Å². The molecule has 73 heavy (non-hydrogen) atoms. The molecule has 0 aromatic carbocycles. The smallest absolute Gasteiger partial charge is 0.220 e. The van der Waals surface area contributed by atoms with Crippen molar-refractivity contribution in [3.8, 4) is 0 Å². The molecule has 3 N–H and O–H groups in total. The van der Waals surface area contributed by atoms with Crippen molar-refractivity contribution >= 4 is 5.91 Å². The minimum atomic E-state index is -0.681. The fourth-order valence-electron chi connectivity index (χ4n) is 9.04. The van der Waals surface area contributed by atoms with E-state index < -0.39 is 12.1 Å². The molecule has 0 aliphatic heterocycles. The molecule has 0 radical (unpaired) electrons. The van der Waals surface area contributed by atoms with Gasteiger partial charge in [0.15, 0.2) is 0 Å². The van der Waals surface area contributed by atoms with Gasteiger partial charge in [-0.1, -0.05) is 315 Å². The number of unbranched alkanes of at least 4 members (excludes halogenated alkanes) is 29. The molecule has 0 fully saturated rings. The molecule has 0 saturated heterocycles. The number of aliphatic hydroxyl groups is 2. The third-order valence-electron chi connectivity index (χ3n) is 13.7. The maximum atomic E-state index is 12.5. The van der Waals surface area contributed by atoms with Crippen LogP contribution in [0.1, 0.15) is 290 Å². The van der Waals surface area contributed by atoms with Crippen molar-refractivity contribution in [3.63, 3.8) is 0 Å². The zero-order chi connectivity index (χ0) is 52.7. The molecule has 4 heteroatoms. The summed E-state index contributed by atoms with van der Waals surface area (Å²) in [4.78, 5) is 12.5. The molecule has 0 spiro atoms. The summed E-state index contributed by atoms with van der Waals surface area (Å²) in [6.45, 7) is 4.25. The normalized spacial score (nSPS) is 13.6. The first-order valence-corrected chi connectivity index (χ1v) is 31.2. The third kappa shape index (κ3) is 59.5. The van der Waals surface area contributed by atoms with Crippen molar-refractivity contribution in [2.45, 2.75) is 302 Å². The maximum Gasteiger partial charge on any atom is 0.220 e. The minimum absolute atomic E-state index is 0.0574. The Labute approximate surface area is 454 Å². The first kappa shape index (κ1) is 69.8. The Morgan fingerprint density at radius 1 is 0.342 bits per heavy atom. The van der Waals surface area contributed by atoms with Crippen LogP contribution in [0.15, 0.2) is 122 Å². The van der Waals surface area contributed by atoms with Gasteiger partial charge in [0.2, 0.25) is 5.91 Å². The molecular formula is C69H119NO3. The maximum absolute atomic E-state index is 12.5. The van der Waals surface area contributed by atoms with E-state index in [1.807, 2.05) is 0 Å². The highest BCUT2D eigenvalue weighted by molar-refractivity contribution is 5.76. The summed E-state index contributed by atoms with van der Waals surface area (Å²) in [5.41, 5.74) is 0. The van der Waals surface area contributed by atoms with Crippen LogP contribution >= 0.6 is 0 Å². The first-order chi connectivity index (χ1) is 36.2. The fraction of sp³-hybridized carbons (Fsp3) is 0.696. The Hall–Kier alpha value is -3.21. The first-order valence-electron chi connectivity index (χ1n) is 31.2. The lowest BCUT2D eigenvalue weighted by atomic mass is 10.0. The monoisotopic (exact) mass is 1010 g/mol. The molecule has 0 heterocycles. The molecule has 0 rings (SSSR count). The van der Waals surface area contributed by atoms with Crippen LogP contribution < -0.4 is 5.32 Å². The van der Waals surface area contributed by atoms with Gasteiger partial charge in [0, 0.05) is 6.42 Å². The van der Waals surface area contributed by atoms with Crippen LogP contribution in [0.2, 0.25) is 0 Å². The van der Waals surface area contributed by atoms with Crippen LogP contribution in [0.25, 0.3) is 0 Å². The van der Waals surface area contributed by atoms with Gasteiger partial charge >= 0.3 is 0 Å². The van der Waals surface area contributed by atoms with Crippen molar-refractivity contribution in [1.29, 1.82) is 0 Å². The second-order valence-electron chi connectivity index (χ2n) is 20.7. The lowest BCUT2D eigenvalue weighted by molar-refractivity contribution is -0.123. The molecule has 0 aromatic heterocycles. The number of aliphatic hydroxyl groups excluding tert-OH is 2. The van der Waals surface area contributed by atoms with E-state index in [2.05, 4.69) is 141 Å². The summed E-state index contributed by atoms with van der Waals surface area (Å²) in [5, 5.41) is 23.4. The number of allylic oxidation sites excluding steroid dienone is 20. The quantitative estimate of drug-likeness (QED) is 0.0420. The molecule has 4 nitrogen and oxygen atoms in total. The standard InChI is InChI=1S/C69H119NO3/c1-3-5-7-9-11-13-15-17-19-21-23-25-27-29-31-32-33-34-35-36-37-38-39-41-43-45-47-49-51-53-55-57-59-61-63-65-69(73)70-67(66-71)68(72)64-62-60-58-56-54-52-50-48-46-44-42-40-30-28-26-24-22-20-18-16-14-12-10-8-6-4-2/h5,7,11,13,17,19,23,25,29,31,33-34,36-37,39,41,45,47,51,53,67-68,71-72H,3-4,6,8-10,12,14-16,18,20-22,24,26-28,30,32,35,38,40,42-44,46,48-50,52,54-66H2,1-2H3,(H,70,73)/b7-5-,13-11-,19-17-,25-23-,31-29-,34-33-,37-36-,41-39-,47-45-,53-51-. The van der Waals surface area contributed by atoms with Gasteiger partial charge < -0.3 is 15.5 Å². The summed E-state index contributed by atoms with van der Waals surface area (Å²) in [6, 6.07) is -0.561. The van der Waals surface area contributed by atoms with E-state index >= 15 is 0 Å². The molecule has 1 amide bonds. The summed E-state index contributed by atoms with van der Waals surface area (Å²) in [6.07, 6.45) is 96.3. The number of hydrogen-bond acceptors (Lipinski definition) is 3. The SMILES string of the molecule is CC/C=C\C/C=C\C/C=C\C/C=C\C/C=C\C/C=C\C/C=C\C/C=C\C/C=C\C/C=C\CCCCCCC(=O)NC(CO)C(O)CCCCCCCCCCCCCCCCCCCCCCCCCCCC. The highest BCUT2D eigenvalue weighted by Crippen LogP contribution is 2.17. The average Bonchev–Trinajstić information content (AvgIpc) is 3.40. The largest absolute Gasteiger partial charge is 0.394 e. The van der Waals surface area contributed by atoms with Gasteiger partial charge in [-0.15, -0.1) is 0 Å². The van der Waals surface area contributed by atoms with E-state index in [-0.39, 0.29) is 12.5 Å². The van der Waals surface area contributed by atoms with Gasteiger partial charge in [-0.2, -0.15) is 0 Å². The molecular weight excluding hydrogens is 891 g/mol. The molecule has 0 bridgehead atoms. The van der Waals surface area contributed by atoms with Crippen LogP contribution in [0.5, 0.6) is 0 Å². The lowest BCUT2D eigenvalue weighted by Gasteiger charge is -2.22. The van der Waals surface area contributed by atoms with E-state index in [0.717, 1.165) is 109 Å². The highest BCUT2D eigenvalue weighted by Gasteiger charge is 2.20. The van der Waals surface area contributed by atoms with Crippen molar-refractivity contribution in [2.75, 3.05) is 6.61 Å². The number of carbonyl (C=O) groups excluding carboxylic acids is 1. The van der Waals surface area contributed by atoms with Crippen LogP contribution in [0, 0.1) is 0 Å². The van der Waals surface area contributed by atoms with Gasteiger partial charge in [-0.05, 0) is 89.9 Å². The highest BCUT2D eigenvalue weighted by atomic mass is 16.3. The van der Waals surface area contributed by atoms with E-state index in [1.165, 1.54) is 154 Å². The molecule has 2 atom stereocenters. The number of nitrogens with one attached hydrogen (secondary N) is 1. The van der Waals surface area contributed by atoms with Gasteiger partial charge in [0.1, 0.15) is 0 Å². The van der Waals surface area contributed by atoms with Crippen molar-refractivity contribution < 1.29 is 15.0 Å². The lowest BCUT2D eigenvalue weighted by Crippen LogP contribution is -2.45. The number of carbonyl (C=O) groups is 1. The van der Waals surface area contributed by atoms with E-state index in [9.17, 15) is 15.0 Å². The van der Waals surface area contributed by atoms with E-state index in [4.69, 9.17) is 0 Å². The zero-order valence-electron chi connectivity index (χ0n) is 48.1. The Kier molecular flexibility index (Phi) is 60.3. The van der Waals surface area contributed by atoms with Gasteiger partial charge in [-0.3, -0.25) is 4.79 Å². The summed E-state index contributed by atoms with van der Waals surface area (Å²) < 4.78 is 0. The van der Waals surface area contributed by atoms with Gasteiger partial charge in [0.25, 0.3) is 0 Å². The van der Waals surface area contributed by atoms with Crippen LogP contribution in [-0.2, 0) is 4.79 Å². The molecule has 418 valence electrons. The van der Waals surface area contributed by atoms with Crippen LogP contribution in [-0.4, -0.2) is 34.9 Å². The van der Waals surface area contributed by atoms with E-state index in [0.29, 0.717) is 12.8 Å². The number of rotatable bonds is 56.